The molecule has 6 aromatic carbocycles. The van der Waals surface area contributed by atoms with Crippen molar-refractivity contribution in [3.63, 3.8) is 0 Å². The second kappa shape index (κ2) is 6.06. The molecule has 6 aromatic rings. The molecular weight excluding hydrogens is 360 g/mol. The fourth-order valence-electron chi connectivity index (χ4n) is 5.40. The number of benzene rings is 6. The van der Waals surface area contributed by atoms with Gasteiger partial charge in [0.15, 0.2) is 0 Å². The van der Waals surface area contributed by atoms with Crippen LogP contribution in [0.1, 0.15) is 22.3 Å². The first-order chi connectivity index (χ1) is 14.6. The Bertz CT molecular complexity index is 1660. The van der Waals surface area contributed by atoms with Gasteiger partial charge in [-0.1, -0.05) is 72.8 Å². The molecule has 0 aliphatic heterocycles. The number of hydrogen-bond acceptors (Lipinski definition) is 0. The molecule has 0 bridgehead atoms. The van der Waals surface area contributed by atoms with E-state index in [1.54, 1.807) is 0 Å². The lowest BCUT2D eigenvalue weighted by molar-refractivity contribution is 1.34. The van der Waals surface area contributed by atoms with Crippen molar-refractivity contribution in [2.24, 2.45) is 0 Å². The zero-order valence-electron chi connectivity index (χ0n) is 17.9. The van der Waals surface area contributed by atoms with Gasteiger partial charge in [-0.05, 0) is 104 Å². The highest BCUT2D eigenvalue weighted by molar-refractivity contribution is 6.32. The number of rotatable bonds is 0. The first-order valence-corrected chi connectivity index (χ1v) is 10.7. The topological polar surface area (TPSA) is 0 Å². The van der Waals surface area contributed by atoms with Gasteiger partial charge in [0.25, 0.3) is 0 Å². The van der Waals surface area contributed by atoms with E-state index in [2.05, 4.69) is 100 Å². The molecule has 6 rings (SSSR count). The SMILES string of the molecule is Cc1ccc2c(c1C)c(C)c(C)c1ccc3ccc4ccc5ccccc5c4c3c12. The van der Waals surface area contributed by atoms with Gasteiger partial charge in [0, 0.05) is 0 Å². The third-order valence-electron chi connectivity index (χ3n) is 7.24. The zero-order chi connectivity index (χ0) is 20.6. The van der Waals surface area contributed by atoms with Crippen molar-refractivity contribution in [2.45, 2.75) is 27.7 Å². The standard InChI is InChI=1S/C30H24/c1-17-9-15-26-27(18(17)2)20(4)19(3)24-16-14-23-13-12-22-11-10-21-7-5-6-8-25(21)28(22)29(23)30(24)26/h5-16H,1-4H3. The van der Waals surface area contributed by atoms with E-state index in [1.807, 2.05) is 0 Å². The fraction of sp³-hybridized carbons (Fsp3) is 0.133. The first-order valence-electron chi connectivity index (χ1n) is 10.7. The Morgan fingerprint density at radius 1 is 0.367 bits per heavy atom. The minimum Gasteiger partial charge on any atom is -0.0616 e. The molecule has 0 saturated carbocycles. The lowest BCUT2D eigenvalue weighted by Crippen LogP contribution is -1.94. The van der Waals surface area contributed by atoms with Crippen molar-refractivity contribution < 1.29 is 0 Å². The maximum atomic E-state index is 2.34. The Morgan fingerprint density at radius 3 is 1.80 bits per heavy atom. The molecule has 0 aliphatic rings. The van der Waals surface area contributed by atoms with E-state index in [-0.39, 0.29) is 0 Å². The lowest BCUT2D eigenvalue weighted by atomic mass is 9.85. The van der Waals surface area contributed by atoms with Crippen molar-refractivity contribution in [1.29, 1.82) is 0 Å². The smallest absolute Gasteiger partial charge is 0.00142 e. The third-order valence-corrected chi connectivity index (χ3v) is 7.24. The summed E-state index contributed by atoms with van der Waals surface area (Å²) in [5, 5.41) is 13.6. The van der Waals surface area contributed by atoms with Crippen molar-refractivity contribution >= 4 is 53.9 Å². The molecule has 0 aliphatic carbocycles. The van der Waals surface area contributed by atoms with Gasteiger partial charge in [-0.25, -0.2) is 0 Å². The molecule has 0 saturated heterocycles. The van der Waals surface area contributed by atoms with Gasteiger partial charge >= 0.3 is 0 Å². The number of hydrogen-bond donors (Lipinski definition) is 0. The van der Waals surface area contributed by atoms with Gasteiger partial charge < -0.3 is 0 Å². The Balaban J connectivity index is 2.04. The second-order valence-electron chi connectivity index (χ2n) is 8.72. The van der Waals surface area contributed by atoms with Crippen LogP contribution in [0.4, 0.5) is 0 Å². The number of fused-ring (bicyclic) bond motifs is 9. The molecule has 0 aromatic heterocycles. The van der Waals surface area contributed by atoms with Crippen LogP contribution in [-0.2, 0) is 0 Å². The van der Waals surface area contributed by atoms with Gasteiger partial charge in [0.2, 0.25) is 0 Å². The highest BCUT2D eigenvalue weighted by atomic mass is 14.2. The molecule has 0 fully saturated rings. The second-order valence-corrected chi connectivity index (χ2v) is 8.72. The summed E-state index contributed by atoms with van der Waals surface area (Å²) in [5.41, 5.74) is 5.56. The van der Waals surface area contributed by atoms with E-state index in [0.717, 1.165) is 0 Å². The largest absolute Gasteiger partial charge is 0.0616 e. The molecule has 0 nitrogen and oxygen atoms in total. The van der Waals surface area contributed by atoms with E-state index in [4.69, 9.17) is 0 Å². The van der Waals surface area contributed by atoms with E-state index in [9.17, 15) is 0 Å². The summed E-state index contributed by atoms with van der Waals surface area (Å²) < 4.78 is 0. The van der Waals surface area contributed by atoms with Crippen molar-refractivity contribution in [3.8, 4) is 0 Å². The highest BCUT2D eigenvalue weighted by Gasteiger charge is 2.16. The summed E-state index contributed by atoms with van der Waals surface area (Å²) in [5.74, 6) is 0. The molecular formula is C30H24. The van der Waals surface area contributed by atoms with Crippen molar-refractivity contribution in [2.75, 3.05) is 0 Å². The Labute approximate surface area is 176 Å². The predicted molar refractivity (Wildman–Crippen MR) is 133 cm³/mol. The summed E-state index contributed by atoms with van der Waals surface area (Å²) in [6.45, 7) is 9.06. The first kappa shape index (κ1) is 17.5. The quantitative estimate of drug-likeness (QED) is 0.230. The monoisotopic (exact) mass is 384 g/mol. The van der Waals surface area contributed by atoms with Crippen LogP contribution >= 0.6 is 0 Å². The molecule has 0 N–H and O–H groups in total. The van der Waals surface area contributed by atoms with Crippen molar-refractivity contribution in [3.05, 3.63) is 95.1 Å². The molecule has 0 atom stereocenters. The van der Waals surface area contributed by atoms with E-state index < -0.39 is 0 Å². The van der Waals surface area contributed by atoms with Crippen LogP contribution in [0.5, 0.6) is 0 Å². The van der Waals surface area contributed by atoms with E-state index >= 15 is 0 Å². The maximum Gasteiger partial charge on any atom is -0.00142 e. The summed E-state index contributed by atoms with van der Waals surface area (Å²) in [4.78, 5) is 0. The maximum absolute atomic E-state index is 2.34. The van der Waals surface area contributed by atoms with Gasteiger partial charge in [-0.3, -0.25) is 0 Å². The predicted octanol–water partition coefficient (Wildman–Crippen LogP) is 8.69. The Kier molecular flexibility index (Phi) is 3.53. The van der Waals surface area contributed by atoms with Crippen LogP contribution in [0.25, 0.3) is 53.9 Å². The van der Waals surface area contributed by atoms with E-state index in [1.165, 1.54) is 76.1 Å². The highest BCUT2D eigenvalue weighted by Crippen LogP contribution is 2.42. The van der Waals surface area contributed by atoms with Crippen LogP contribution in [0.15, 0.2) is 72.8 Å². The molecule has 0 heteroatoms. The van der Waals surface area contributed by atoms with Crippen LogP contribution in [0, 0.1) is 27.7 Å². The van der Waals surface area contributed by atoms with Crippen LogP contribution < -0.4 is 0 Å². The average Bonchev–Trinajstić information content (AvgIpc) is 2.78. The molecule has 0 heterocycles. The van der Waals surface area contributed by atoms with Crippen LogP contribution in [0.2, 0.25) is 0 Å². The zero-order valence-corrected chi connectivity index (χ0v) is 17.9. The fourth-order valence-corrected chi connectivity index (χ4v) is 5.40. The molecule has 0 unspecified atom stereocenters. The summed E-state index contributed by atoms with van der Waals surface area (Å²) in [6.07, 6.45) is 0. The minimum atomic E-state index is 1.30. The minimum absolute atomic E-state index is 1.30. The van der Waals surface area contributed by atoms with Gasteiger partial charge in [-0.15, -0.1) is 0 Å². The summed E-state index contributed by atoms with van der Waals surface area (Å²) in [7, 11) is 0. The molecule has 0 radical (unpaired) electrons. The van der Waals surface area contributed by atoms with Gasteiger partial charge in [0.1, 0.15) is 0 Å². The van der Waals surface area contributed by atoms with Crippen LogP contribution in [-0.4, -0.2) is 0 Å². The Morgan fingerprint density at radius 2 is 1.00 bits per heavy atom. The third kappa shape index (κ3) is 2.17. The summed E-state index contributed by atoms with van der Waals surface area (Å²) >= 11 is 0. The molecule has 0 amide bonds. The van der Waals surface area contributed by atoms with E-state index in [0.29, 0.717) is 0 Å². The molecule has 144 valence electrons. The normalized spacial score (nSPS) is 12.0. The molecule has 0 spiro atoms. The van der Waals surface area contributed by atoms with Gasteiger partial charge in [0.05, 0.1) is 0 Å². The van der Waals surface area contributed by atoms with Crippen molar-refractivity contribution in [1.82, 2.24) is 0 Å². The average molecular weight is 385 g/mol. The Hall–Kier alpha value is -3.38. The summed E-state index contributed by atoms with van der Waals surface area (Å²) in [6, 6.07) is 27.1. The lowest BCUT2D eigenvalue weighted by Gasteiger charge is -2.18. The molecule has 30 heavy (non-hydrogen) atoms. The van der Waals surface area contributed by atoms with Gasteiger partial charge in [-0.2, -0.15) is 0 Å². The number of aryl methyl sites for hydroxylation is 4. The van der Waals surface area contributed by atoms with Crippen LogP contribution in [0.3, 0.4) is 0 Å².